The molecule has 0 heterocycles. The Balaban J connectivity index is 1.71. The van der Waals surface area contributed by atoms with Gasteiger partial charge in [0, 0.05) is 24.0 Å². The number of nitrogens with one attached hydrogen (secondary N) is 1. The average molecular weight is 361 g/mol. The Hall–Kier alpha value is -2.53. The molecule has 132 valence electrons. The van der Waals surface area contributed by atoms with Crippen molar-refractivity contribution in [1.29, 1.82) is 0 Å². The fraction of sp³-hybridized carbons (Fsp3) is 0.263. The van der Waals surface area contributed by atoms with Gasteiger partial charge in [-0.1, -0.05) is 35.9 Å². The lowest BCUT2D eigenvalue weighted by Gasteiger charge is -2.08. The lowest BCUT2D eigenvalue weighted by Crippen LogP contribution is -2.29. The number of rotatable bonds is 9. The van der Waals surface area contributed by atoms with Crippen LogP contribution in [0.5, 0.6) is 5.75 Å². The number of carbonyl (C=O) groups is 2. The molecule has 0 unspecified atom stereocenters. The minimum absolute atomic E-state index is 0.0557. The Kier molecular flexibility index (Phi) is 7.29. The number of halogens is 1. The van der Waals surface area contributed by atoms with E-state index >= 15 is 0 Å². The van der Waals surface area contributed by atoms with E-state index in [1.807, 2.05) is 48.5 Å². The molecule has 5 nitrogen and oxygen atoms in total. The van der Waals surface area contributed by atoms with Crippen LogP contribution in [0.4, 0.5) is 0 Å². The van der Waals surface area contributed by atoms with Gasteiger partial charge in [-0.3, -0.25) is 4.79 Å². The standard InChI is InChI=1S/C19H20ClNO4/c20-16-5-1-15(2-6-16)13-25-17-7-3-14(4-8-17)11-12-21-18(22)9-10-19(23)24/h1-8H,9-13H2,(H,21,22)(H,23,24)/p-1. The van der Waals surface area contributed by atoms with Gasteiger partial charge >= 0.3 is 0 Å². The maximum atomic E-state index is 11.4. The number of carboxylic acid groups (broad SMARTS) is 1. The van der Waals surface area contributed by atoms with Crippen LogP contribution in [-0.4, -0.2) is 18.4 Å². The second-order valence-electron chi connectivity index (χ2n) is 5.53. The van der Waals surface area contributed by atoms with Gasteiger partial charge in [0.2, 0.25) is 5.91 Å². The van der Waals surface area contributed by atoms with E-state index in [-0.39, 0.29) is 18.7 Å². The molecule has 2 aromatic rings. The molecule has 2 rings (SSSR count). The molecule has 1 amide bonds. The molecule has 0 aliphatic heterocycles. The van der Waals surface area contributed by atoms with E-state index in [1.165, 1.54) is 0 Å². The van der Waals surface area contributed by atoms with Crippen LogP contribution in [0.3, 0.4) is 0 Å². The molecule has 2 aromatic carbocycles. The van der Waals surface area contributed by atoms with Crippen LogP contribution in [0, 0.1) is 0 Å². The van der Waals surface area contributed by atoms with Crippen molar-refractivity contribution < 1.29 is 19.4 Å². The summed E-state index contributed by atoms with van der Waals surface area (Å²) >= 11 is 5.84. The lowest BCUT2D eigenvalue weighted by molar-refractivity contribution is -0.305. The zero-order valence-corrected chi connectivity index (χ0v) is 14.4. The third-order valence-corrected chi connectivity index (χ3v) is 3.79. The van der Waals surface area contributed by atoms with Crippen LogP contribution in [0.1, 0.15) is 24.0 Å². The highest BCUT2D eigenvalue weighted by molar-refractivity contribution is 6.30. The molecular weight excluding hydrogens is 342 g/mol. The van der Waals surface area contributed by atoms with E-state index in [4.69, 9.17) is 16.3 Å². The van der Waals surface area contributed by atoms with E-state index in [1.54, 1.807) is 0 Å². The Morgan fingerprint density at radius 2 is 1.60 bits per heavy atom. The fourth-order valence-corrected chi connectivity index (χ4v) is 2.28. The van der Waals surface area contributed by atoms with Gasteiger partial charge in [0.25, 0.3) is 0 Å². The first-order valence-electron chi connectivity index (χ1n) is 7.95. The summed E-state index contributed by atoms with van der Waals surface area (Å²) in [4.78, 5) is 21.7. The molecule has 1 N–H and O–H groups in total. The van der Waals surface area contributed by atoms with Gasteiger partial charge in [-0.05, 0) is 48.2 Å². The first-order chi connectivity index (χ1) is 12.0. The van der Waals surface area contributed by atoms with Crippen molar-refractivity contribution in [3.05, 3.63) is 64.7 Å². The zero-order chi connectivity index (χ0) is 18.1. The van der Waals surface area contributed by atoms with Crippen LogP contribution in [0.25, 0.3) is 0 Å². The summed E-state index contributed by atoms with van der Waals surface area (Å²) in [6.45, 7) is 0.919. The summed E-state index contributed by atoms with van der Waals surface area (Å²) in [5.74, 6) is -0.742. The Bertz CT molecular complexity index is 698. The smallest absolute Gasteiger partial charge is 0.220 e. The van der Waals surface area contributed by atoms with Crippen LogP contribution in [0.15, 0.2) is 48.5 Å². The van der Waals surface area contributed by atoms with Crippen molar-refractivity contribution in [2.24, 2.45) is 0 Å². The molecule has 0 atom stereocenters. The molecule has 0 aromatic heterocycles. The molecule has 0 fully saturated rings. The van der Waals surface area contributed by atoms with Crippen LogP contribution in [0.2, 0.25) is 5.02 Å². The topological polar surface area (TPSA) is 78.5 Å². The highest BCUT2D eigenvalue weighted by atomic mass is 35.5. The lowest BCUT2D eigenvalue weighted by atomic mass is 10.1. The summed E-state index contributed by atoms with van der Waals surface area (Å²) in [6.07, 6.45) is 0.347. The second kappa shape index (κ2) is 9.69. The summed E-state index contributed by atoms with van der Waals surface area (Å²) in [6, 6.07) is 15.1. The number of benzene rings is 2. The van der Waals surface area contributed by atoms with E-state index in [9.17, 15) is 14.7 Å². The molecule has 0 aliphatic carbocycles. The highest BCUT2D eigenvalue weighted by Gasteiger charge is 2.02. The maximum Gasteiger partial charge on any atom is 0.220 e. The quantitative estimate of drug-likeness (QED) is 0.742. The molecule has 0 spiro atoms. The maximum absolute atomic E-state index is 11.4. The number of ether oxygens (including phenoxy) is 1. The van der Waals surface area contributed by atoms with E-state index < -0.39 is 5.97 Å². The van der Waals surface area contributed by atoms with Gasteiger partial charge in [0.15, 0.2) is 0 Å². The van der Waals surface area contributed by atoms with Crippen molar-refractivity contribution >= 4 is 23.5 Å². The number of hydrogen-bond acceptors (Lipinski definition) is 4. The van der Waals surface area contributed by atoms with Gasteiger partial charge in [0.1, 0.15) is 12.4 Å². The van der Waals surface area contributed by atoms with Crippen molar-refractivity contribution in [2.75, 3.05) is 6.54 Å². The zero-order valence-electron chi connectivity index (χ0n) is 13.7. The van der Waals surface area contributed by atoms with Crippen molar-refractivity contribution in [3.63, 3.8) is 0 Å². The van der Waals surface area contributed by atoms with Crippen LogP contribution < -0.4 is 15.2 Å². The highest BCUT2D eigenvalue weighted by Crippen LogP contribution is 2.16. The second-order valence-corrected chi connectivity index (χ2v) is 5.97. The van der Waals surface area contributed by atoms with Crippen LogP contribution >= 0.6 is 11.6 Å². The number of aliphatic carboxylic acids is 1. The molecule has 0 radical (unpaired) electrons. The number of hydrogen-bond donors (Lipinski definition) is 1. The van der Waals surface area contributed by atoms with Crippen molar-refractivity contribution in [3.8, 4) is 5.75 Å². The summed E-state index contributed by atoms with van der Waals surface area (Å²) in [7, 11) is 0. The molecule has 0 saturated carbocycles. The Morgan fingerprint density at radius 1 is 0.960 bits per heavy atom. The van der Waals surface area contributed by atoms with E-state index in [0.717, 1.165) is 16.9 Å². The third kappa shape index (κ3) is 7.27. The molecule has 0 aliphatic rings. The monoisotopic (exact) mass is 360 g/mol. The van der Waals surface area contributed by atoms with Crippen molar-refractivity contribution in [2.45, 2.75) is 25.9 Å². The van der Waals surface area contributed by atoms with Crippen molar-refractivity contribution in [1.82, 2.24) is 5.32 Å². The van der Waals surface area contributed by atoms with Gasteiger partial charge in [0.05, 0.1) is 0 Å². The average Bonchev–Trinajstić information content (AvgIpc) is 2.60. The van der Waals surface area contributed by atoms with Gasteiger partial charge in [-0.15, -0.1) is 0 Å². The molecule has 0 bridgehead atoms. The molecule has 0 saturated heterocycles. The first kappa shape index (κ1) is 18.8. The van der Waals surface area contributed by atoms with Gasteiger partial charge in [-0.2, -0.15) is 0 Å². The summed E-state index contributed by atoms with van der Waals surface area (Å²) in [5, 5.41) is 13.7. The molecular formula is C19H19ClNO4-. The first-order valence-corrected chi connectivity index (χ1v) is 8.33. The number of carbonyl (C=O) groups excluding carboxylic acids is 2. The summed E-state index contributed by atoms with van der Waals surface area (Å²) in [5.41, 5.74) is 2.09. The molecule has 25 heavy (non-hydrogen) atoms. The van der Waals surface area contributed by atoms with Gasteiger partial charge in [-0.25, -0.2) is 0 Å². The molecule has 6 heteroatoms. The van der Waals surface area contributed by atoms with Crippen LogP contribution in [-0.2, 0) is 22.6 Å². The van der Waals surface area contributed by atoms with E-state index in [2.05, 4.69) is 5.32 Å². The third-order valence-electron chi connectivity index (χ3n) is 3.53. The van der Waals surface area contributed by atoms with Gasteiger partial charge < -0.3 is 20.0 Å². The Labute approximate surface area is 151 Å². The normalized spacial score (nSPS) is 10.3. The summed E-state index contributed by atoms with van der Waals surface area (Å²) < 4.78 is 5.71. The van der Waals surface area contributed by atoms with E-state index in [0.29, 0.717) is 24.6 Å². The minimum Gasteiger partial charge on any atom is -0.550 e. The fourth-order valence-electron chi connectivity index (χ4n) is 2.15. The predicted molar refractivity (Wildman–Crippen MR) is 93.2 cm³/mol. The minimum atomic E-state index is -1.22. The largest absolute Gasteiger partial charge is 0.550 e. The number of amides is 1. The SMILES string of the molecule is O=C([O-])CCC(=O)NCCc1ccc(OCc2ccc(Cl)cc2)cc1. The predicted octanol–water partition coefficient (Wildman–Crippen LogP) is 2.11. The Morgan fingerprint density at radius 3 is 2.24 bits per heavy atom. The number of carboxylic acids is 1.